The van der Waals surface area contributed by atoms with Crippen molar-refractivity contribution in [3.8, 4) is 0 Å². The Bertz CT molecular complexity index is 565. The maximum absolute atomic E-state index is 12.7. The van der Waals surface area contributed by atoms with Crippen molar-refractivity contribution in [1.82, 2.24) is 0 Å². The summed E-state index contributed by atoms with van der Waals surface area (Å²) in [4.78, 5) is 0. The molecule has 0 atom stereocenters. The summed E-state index contributed by atoms with van der Waals surface area (Å²) in [7, 11) is -7.86. The van der Waals surface area contributed by atoms with Crippen LogP contribution in [0.4, 0.5) is 57.1 Å². The topological polar surface area (TPSA) is 57.2 Å². The number of hydrogen-bond donors (Lipinski definition) is 0. The van der Waals surface area contributed by atoms with Crippen molar-refractivity contribution in [2.45, 2.75) is 35.1 Å². The van der Waals surface area contributed by atoms with Crippen LogP contribution in [0.3, 0.4) is 0 Å². The first kappa shape index (κ1) is 26.2. The standard InChI is InChI=1S/C6HF13O3S.Na/c7-1(8,3(11,12)5(15,16)17)2(9,10)4(13,14)6(18,19)23(20,21)22;/h(H,20,21,22);/q;+1/p-1/i20+2,21+2;. The van der Waals surface area contributed by atoms with Crippen molar-refractivity contribution in [2.24, 2.45) is 0 Å². The molecule has 140 valence electrons. The van der Waals surface area contributed by atoms with Crippen molar-refractivity contribution in [3.63, 3.8) is 0 Å². The monoisotopic (exact) mass is 426 g/mol. The zero-order valence-electron chi connectivity index (χ0n) is 10.5. The van der Waals surface area contributed by atoms with E-state index in [4.69, 9.17) is 0 Å². The third-order valence-corrected chi connectivity index (χ3v) is 3.10. The van der Waals surface area contributed by atoms with Gasteiger partial charge in [-0.1, -0.05) is 0 Å². The first-order valence-corrected chi connectivity index (χ1v) is 5.82. The summed E-state index contributed by atoms with van der Waals surface area (Å²) in [5.41, 5.74) is 0. The van der Waals surface area contributed by atoms with E-state index in [-0.39, 0.29) is 29.6 Å². The molecule has 0 N–H and O–H groups in total. The normalized spacial score (nSPS) is 15.9. The summed E-state index contributed by atoms with van der Waals surface area (Å²) in [6, 6.07) is 0. The van der Waals surface area contributed by atoms with Crippen molar-refractivity contribution >= 4 is 10.1 Å². The second-order valence-corrected chi connectivity index (χ2v) is 5.19. The van der Waals surface area contributed by atoms with Gasteiger partial charge < -0.3 is 4.55 Å². The van der Waals surface area contributed by atoms with Crippen LogP contribution in [0.2, 0.25) is 0 Å². The molecule has 18 heteroatoms. The molecule has 0 aromatic heterocycles. The Morgan fingerprint density at radius 3 is 1.00 bits per heavy atom. The fourth-order valence-electron chi connectivity index (χ4n) is 0.912. The van der Waals surface area contributed by atoms with Crippen LogP contribution in [-0.4, -0.2) is 48.1 Å². The van der Waals surface area contributed by atoms with Crippen LogP contribution >= 0.6 is 0 Å². The molecule has 0 fully saturated rings. The largest absolute Gasteiger partial charge is 1.00 e. The van der Waals surface area contributed by atoms with Crippen LogP contribution in [0.25, 0.3) is 0 Å². The van der Waals surface area contributed by atoms with E-state index >= 15 is 0 Å². The molecule has 0 amide bonds. The molecule has 0 aromatic carbocycles. The quantitative estimate of drug-likeness (QED) is 0.274. The molecule has 0 aliphatic carbocycles. The van der Waals surface area contributed by atoms with Crippen LogP contribution < -0.4 is 29.6 Å². The molecule has 0 radical (unpaired) electrons. The average Bonchev–Trinajstić information content (AvgIpc) is 2.24. The summed E-state index contributed by atoms with van der Waals surface area (Å²) in [5.74, 6) is -32.6. The zero-order valence-corrected chi connectivity index (χ0v) is 13.4. The van der Waals surface area contributed by atoms with Crippen molar-refractivity contribution in [3.05, 3.63) is 0 Å². The predicted octanol–water partition coefficient (Wildman–Crippen LogP) is 0.232. The van der Waals surface area contributed by atoms with E-state index < -0.39 is 45.2 Å². The minimum absolute atomic E-state index is 0. The second-order valence-electron chi connectivity index (χ2n) is 3.77. The molecule has 0 aromatic rings. The third-order valence-electron chi connectivity index (χ3n) is 2.22. The molecular weight excluding hydrogens is 426 g/mol. The fourth-order valence-corrected chi connectivity index (χ4v) is 1.35. The van der Waals surface area contributed by atoms with Gasteiger partial charge in [0.25, 0.3) is 0 Å². The van der Waals surface area contributed by atoms with Crippen LogP contribution in [0.15, 0.2) is 0 Å². The minimum Gasteiger partial charge on any atom is -0.743 e. The Hall–Kier alpha value is -0.000000000000000222. The van der Waals surface area contributed by atoms with Crippen molar-refractivity contribution in [1.29, 1.82) is 0 Å². The molecular formula is C6F13NaO3S. The summed E-state index contributed by atoms with van der Waals surface area (Å²) >= 11 is 0. The van der Waals surface area contributed by atoms with Gasteiger partial charge in [-0.05, 0) is 0 Å². The summed E-state index contributed by atoms with van der Waals surface area (Å²) in [5, 5.41) is -7.63. The summed E-state index contributed by atoms with van der Waals surface area (Å²) in [6.45, 7) is 0. The molecule has 24 heavy (non-hydrogen) atoms. The van der Waals surface area contributed by atoms with Gasteiger partial charge in [-0.15, -0.1) is 0 Å². The molecule has 0 heterocycles. The van der Waals surface area contributed by atoms with Gasteiger partial charge in [-0.2, -0.15) is 57.1 Å². The Morgan fingerprint density at radius 2 is 0.792 bits per heavy atom. The molecule has 0 aliphatic rings. The number of halogens is 13. The van der Waals surface area contributed by atoms with Gasteiger partial charge in [0, 0.05) is 0 Å². The van der Waals surface area contributed by atoms with Gasteiger partial charge in [-0.3, -0.25) is 0 Å². The van der Waals surface area contributed by atoms with Gasteiger partial charge in [0.2, 0.25) is 0 Å². The van der Waals surface area contributed by atoms with Gasteiger partial charge in [0.1, 0.15) is 0 Å². The number of alkyl halides is 13. The average molecular weight is 426 g/mol. The number of hydrogen-bond acceptors (Lipinski definition) is 3. The van der Waals surface area contributed by atoms with E-state index in [1.807, 2.05) is 0 Å². The van der Waals surface area contributed by atoms with Crippen LogP contribution in [0, 0.1) is 0 Å². The molecule has 0 bridgehead atoms. The third kappa shape index (κ3) is 3.33. The molecule has 0 saturated heterocycles. The van der Waals surface area contributed by atoms with Gasteiger partial charge in [-0.25, -0.2) is 8.42 Å². The summed E-state index contributed by atoms with van der Waals surface area (Å²) in [6.07, 6.45) is -7.61. The van der Waals surface area contributed by atoms with Crippen LogP contribution in [-0.2, 0) is 10.1 Å². The molecule has 0 saturated carbocycles. The maximum Gasteiger partial charge on any atom is 1.00 e. The molecule has 0 aliphatic heterocycles. The Kier molecular flexibility index (Phi) is 6.90. The maximum atomic E-state index is 12.7. The minimum atomic E-state index is -8.29. The van der Waals surface area contributed by atoms with E-state index in [1.54, 1.807) is 0 Å². The Balaban J connectivity index is 0. The smallest absolute Gasteiger partial charge is 0.743 e. The first-order chi connectivity index (χ1) is 9.50. The van der Waals surface area contributed by atoms with Crippen molar-refractivity contribution in [2.75, 3.05) is 0 Å². The van der Waals surface area contributed by atoms with E-state index in [1.165, 1.54) is 0 Å². The molecule has 0 rings (SSSR count). The van der Waals surface area contributed by atoms with Gasteiger partial charge >= 0.3 is 64.7 Å². The Labute approximate surface area is 145 Å². The SMILES string of the molecule is [Na+].[O-]S(=[18O])(=[18O])C(F)(F)C(F)(F)C(F)(F)C(F)(F)C(F)(F)C(F)(F)F. The molecule has 0 unspecified atom stereocenters. The molecule has 0 spiro atoms. The van der Waals surface area contributed by atoms with E-state index in [0.29, 0.717) is 0 Å². The number of rotatable bonds is 5. The van der Waals surface area contributed by atoms with Crippen molar-refractivity contribution < 1.29 is 99.6 Å². The van der Waals surface area contributed by atoms with Crippen LogP contribution in [0.5, 0.6) is 0 Å². The Morgan fingerprint density at radius 1 is 0.542 bits per heavy atom. The van der Waals surface area contributed by atoms with Crippen LogP contribution in [0.1, 0.15) is 0 Å². The van der Waals surface area contributed by atoms with Gasteiger partial charge in [0.15, 0.2) is 10.1 Å². The zero-order chi connectivity index (χ0) is 19.5. The predicted molar refractivity (Wildman–Crippen MR) is 40.5 cm³/mol. The first-order valence-electron chi connectivity index (χ1n) is 4.41. The molecule has 3 nitrogen and oxygen atoms in total. The second kappa shape index (κ2) is 6.31. The van der Waals surface area contributed by atoms with E-state index in [2.05, 4.69) is 0 Å². The van der Waals surface area contributed by atoms with Gasteiger partial charge in [0.05, 0.1) is 0 Å². The summed E-state index contributed by atoms with van der Waals surface area (Å²) < 4.78 is 189. The van der Waals surface area contributed by atoms with E-state index in [9.17, 15) is 70.0 Å². The van der Waals surface area contributed by atoms with E-state index in [0.717, 1.165) is 0 Å². The fraction of sp³-hybridized carbons (Fsp3) is 1.00.